The fraction of sp³-hybridized carbons (Fsp3) is 0.333. The van der Waals surface area contributed by atoms with Crippen LogP contribution in [-0.4, -0.2) is 12.2 Å². The van der Waals surface area contributed by atoms with E-state index in [1.165, 1.54) is 5.56 Å². The van der Waals surface area contributed by atoms with Gasteiger partial charge in [-0.2, -0.15) is 0 Å². The van der Waals surface area contributed by atoms with Crippen molar-refractivity contribution in [3.8, 4) is 17.2 Å². The largest absolute Gasteiger partial charge is 0.496 e. The molecule has 0 aromatic heterocycles. The second kappa shape index (κ2) is 6.19. The molecule has 3 heteroatoms. The van der Waals surface area contributed by atoms with E-state index in [-0.39, 0.29) is 0 Å². The number of aryl methyl sites for hydroxylation is 2. The highest BCUT2D eigenvalue weighted by molar-refractivity contribution is 5.51. The Morgan fingerprint density at radius 3 is 2.19 bits per heavy atom. The predicted molar refractivity (Wildman–Crippen MR) is 84.4 cm³/mol. The highest BCUT2D eigenvalue weighted by Gasteiger charge is 2.17. The maximum atomic E-state index is 10.0. The minimum absolute atomic E-state index is 0.626. The first kappa shape index (κ1) is 15.4. The van der Waals surface area contributed by atoms with Gasteiger partial charge in [0.2, 0.25) is 0 Å². The molecule has 2 rings (SSSR count). The normalized spacial score (nSPS) is 12.1. The molecule has 0 aliphatic heterocycles. The molecule has 0 saturated heterocycles. The number of hydrogen-bond acceptors (Lipinski definition) is 3. The highest BCUT2D eigenvalue weighted by Crippen LogP contribution is 2.38. The van der Waals surface area contributed by atoms with E-state index in [0.717, 1.165) is 16.9 Å². The maximum Gasteiger partial charge on any atom is 0.136 e. The summed E-state index contributed by atoms with van der Waals surface area (Å²) >= 11 is 0. The summed E-state index contributed by atoms with van der Waals surface area (Å²) in [6.07, 6.45) is -0.665. The van der Waals surface area contributed by atoms with Gasteiger partial charge < -0.3 is 14.6 Å². The van der Waals surface area contributed by atoms with Crippen LogP contribution in [0.4, 0.5) is 0 Å². The molecule has 0 fully saturated rings. The van der Waals surface area contributed by atoms with Crippen molar-refractivity contribution in [1.29, 1.82) is 0 Å². The zero-order valence-corrected chi connectivity index (χ0v) is 13.2. The third-order valence-electron chi connectivity index (χ3n) is 3.75. The molecule has 21 heavy (non-hydrogen) atoms. The number of benzene rings is 2. The molecule has 0 aliphatic carbocycles. The third-order valence-corrected chi connectivity index (χ3v) is 3.75. The van der Waals surface area contributed by atoms with Crippen molar-refractivity contribution in [3.05, 3.63) is 52.6 Å². The lowest BCUT2D eigenvalue weighted by Crippen LogP contribution is -2.01. The molecule has 3 nitrogen and oxygen atoms in total. The summed E-state index contributed by atoms with van der Waals surface area (Å²) in [5, 5.41) is 10.0. The lowest BCUT2D eigenvalue weighted by atomic mass is 10.0. The van der Waals surface area contributed by atoms with Crippen LogP contribution >= 0.6 is 0 Å². The van der Waals surface area contributed by atoms with Gasteiger partial charge in [-0.1, -0.05) is 18.2 Å². The van der Waals surface area contributed by atoms with Crippen molar-refractivity contribution in [1.82, 2.24) is 0 Å². The van der Waals surface area contributed by atoms with Crippen molar-refractivity contribution in [2.75, 3.05) is 7.11 Å². The molecule has 0 amide bonds. The number of hydrogen-bond donors (Lipinski definition) is 1. The van der Waals surface area contributed by atoms with Crippen LogP contribution in [0.15, 0.2) is 30.3 Å². The molecule has 2 aromatic carbocycles. The van der Waals surface area contributed by atoms with E-state index in [9.17, 15) is 5.11 Å². The van der Waals surface area contributed by atoms with Gasteiger partial charge in [-0.25, -0.2) is 0 Å². The molecule has 0 heterocycles. The Kier molecular flexibility index (Phi) is 4.53. The zero-order valence-electron chi connectivity index (χ0n) is 13.2. The van der Waals surface area contributed by atoms with E-state index in [2.05, 4.69) is 13.0 Å². The number of aliphatic hydroxyl groups excluding tert-OH is 1. The van der Waals surface area contributed by atoms with E-state index in [1.54, 1.807) is 14.0 Å². The van der Waals surface area contributed by atoms with Gasteiger partial charge in [-0.05, 0) is 56.5 Å². The monoisotopic (exact) mass is 286 g/mol. The Balaban J connectivity index is 2.52. The number of rotatable bonds is 4. The van der Waals surface area contributed by atoms with Crippen LogP contribution in [0, 0.1) is 20.8 Å². The third kappa shape index (κ3) is 3.03. The van der Waals surface area contributed by atoms with E-state index in [4.69, 9.17) is 9.47 Å². The number of methoxy groups -OCH3 is 1. The first-order valence-corrected chi connectivity index (χ1v) is 7.05. The molecule has 0 spiro atoms. The molecule has 0 bridgehead atoms. The van der Waals surface area contributed by atoms with E-state index in [0.29, 0.717) is 17.1 Å². The molecule has 0 saturated carbocycles. The number of ether oxygens (including phenoxy) is 2. The predicted octanol–water partition coefficient (Wildman–Crippen LogP) is 4.47. The van der Waals surface area contributed by atoms with Gasteiger partial charge in [0.05, 0.1) is 18.8 Å². The SMILES string of the molecule is COc1cccc(Oc2c(C)ccc(C)c2C)c1C(C)O. The maximum absolute atomic E-state index is 10.0. The van der Waals surface area contributed by atoms with Crippen LogP contribution < -0.4 is 9.47 Å². The Labute approximate surface area is 126 Å². The summed E-state index contributed by atoms with van der Waals surface area (Å²) in [4.78, 5) is 0. The van der Waals surface area contributed by atoms with Crippen molar-refractivity contribution in [3.63, 3.8) is 0 Å². The molecule has 0 aliphatic rings. The topological polar surface area (TPSA) is 38.7 Å². The quantitative estimate of drug-likeness (QED) is 0.901. The minimum Gasteiger partial charge on any atom is -0.496 e. The average Bonchev–Trinajstić information content (AvgIpc) is 2.47. The van der Waals surface area contributed by atoms with Gasteiger partial charge in [-0.15, -0.1) is 0 Å². The van der Waals surface area contributed by atoms with Gasteiger partial charge in [0.1, 0.15) is 17.2 Å². The van der Waals surface area contributed by atoms with Gasteiger partial charge >= 0.3 is 0 Å². The Hall–Kier alpha value is -2.00. The van der Waals surface area contributed by atoms with Crippen LogP contribution in [0.25, 0.3) is 0 Å². The summed E-state index contributed by atoms with van der Waals surface area (Å²) in [6, 6.07) is 9.66. The fourth-order valence-corrected chi connectivity index (χ4v) is 2.40. The smallest absolute Gasteiger partial charge is 0.136 e. The molecule has 1 atom stereocenters. The second-order valence-corrected chi connectivity index (χ2v) is 5.30. The Morgan fingerprint density at radius 2 is 1.57 bits per heavy atom. The molecule has 2 aromatic rings. The second-order valence-electron chi connectivity index (χ2n) is 5.30. The van der Waals surface area contributed by atoms with Crippen molar-refractivity contribution >= 4 is 0 Å². The summed E-state index contributed by atoms with van der Waals surface area (Å²) in [6.45, 7) is 7.83. The number of aliphatic hydroxyl groups is 1. The minimum atomic E-state index is -0.665. The van der Waals surface area contributed by atoms with Crippen molar-refractivity contribution in [2.45, 2.75) is 33.8 Å². The first-order chi connectivity index (χ1) is 9.95. The van der Waals surface area contributed by atoms with Crippen LogP contribution in [0.5, 0.6) is 17.2 Å². The Bertz CT molecular complexity index is 645. The molecule has 112 valence electrons. The first-order valence-electron chi connectivity index (χ1n) is 7.05. The van der Waals surface area contributed by atoms with Crippen LogP contribution in [0.1, 0.15) is 35.3 Å². The summed E-state index contributed by atoms with van der Waals surface area (Å²) in [7, 11) is 1.59. The molecule has 1 unspecified atom stereocenters. The summed E-state index contributed by atoms with van der Waals surface area (Å²) < 4.78 is 11.4. The molecular weight excluding hydrogens is 264 g/mol. The fourth-order valence-electron chi connectivity index (χ4n) is 2.40. The van der Waals surface area contributed by atoms with E-state index >= 15 is 0 Å². The van der Waals surface area contributed by atoms with Gasteiger partial charge in [0.25, 0.3) is 0 Å². The Morgan fingerprint density at radius 1 is 0.952 bits per heavy atom. The lowest BCUT2D eigenvalue weighted by molar-refractivity contribution is 0.190. The van der Waals surface area contributed by atoms with Gasteiger partial charge in [-0.3, -0.25) is 0 Å². The van der Waals surface area contributed by atoms with Gasteiger partial charge in [0, 0.05) is 0 Å². The summed E-state index contributed by atoms with van der Waals surface area (Å²) in [5.74, 6) is 2.09. The molecule has 1 N–H and O–H groups in total. The van der Waals surface area contributed by atoms with Gasteiger partial charge in [0.15, 0.2) is 0 Å². The van der Waals surface area contributed by atoms with Crippen LogP contribution in [0.2, 0.25) is 0 Å². The highest BCUT2D eigenvalue weighted by atomic mass is 16.5. The van der Waals surface area contributed by atoms with Crippen molar-refractivity contribution in [2.24, 2.45) is 0 Å². The van der Waals surface area contributed by atoms with E-state index < -0.39 is 6.10 Å². The van der Waals surface area contributed by atoms with Crippen LogP contribution in [0.3, 0.4) is 0 Å². The summed E-state index contributed by atoms with van der Waals surface area (Å²) in [5.41, 5.74) is 4.02. The lowest BCUT2D eigenvalue weighted by Gasteiger charge is -2.19. The van der Waals surface area contributed by atoms with E-state index in [1.807, 2.05) is 38.1 Å². The van der Waals surface area contributed by atoms with Crippen molar-refractivity contribution < 1.29 is 14.6 Å². The zero-order chi connectivity index (χ0) is 15.6. The standard InChI is InChI=1S/C18H22O3/c1-11-9-10-12(2)18(13(11)3)21-16-8-6-7-15(20-5)17(16)14(4)19/h6-10,14,19H,1-5H3. The molecule has 0 radical (unpaired) electrons. The molecular formula is C18H22O3. The average molecular weight is 286 g/mol. The van der Waals surface area contributed by atoms with Crippen LogP contribution in [-0.2, 0) is 0 Å².